The maximum absolute atomic E-state index is 10.5. The molecule has 88 valence electrons. The number of nitrogens with zero attached hydrogens (tertiary/aromatic N) is 1. The summed E-state index contributed by atoms with van der Waals surface area (Å²) in [6.07, 6.45) is 0. The van der Waals surface area contributed by atoms with Gasteiger partial charge in [-0.15, -0.1) is 0 Å². The molecule has 1 fully saturated rings. The van der Waals surface area contributed by atoms with Crippen molar-refractivity contribution in [3.8, 4) is 0 Å². The van der Waals surface area contributed by atoms with Gasteiger partial charge in [-0.05, 0) is 0 Å². The molecule has 0 radical (unpaired) electrons. The van der Waals surface area contributed by atoms with Gasteiger partial charge < -0.3 is 0 Å². The zero-order valence-electron chi connectivity index (χ0n) is 8.16. The van der Waals surface area contributed by atoms with E-state index in [1.54, 1.807) is 23.5 Å². The number of rotatable bonds is 3. The molecule has 8 heteroatoms. The fraction of sp³-hybridized carbons (Fsp3) is 0.250. The van der Waals surface area contributed by atoms with Gasteiger partial charge in [0.2, 0.25) is 0 Å². The third-order valence-electron chi connectivity index (χ3n) is 1.95. The number of hydrogen-bond donors (Lipinski definition) is 1. The summed E-state index contributed by atoms with van der Waals surface area (Å²) in [5.41, 5.74) is 0.144. The van der Waals surface area contributed by atoms with Gasteiger partial charge in [-0.1, -0.05) is 0 Å². The summed E-state index contributed by atoms with van der Waals surface area (Å²) < 4.78 is -1.60. The Kier molecular flexibility index (Phi) is 4.35. The molecule has 1 aromatic rings. The van der Waals surface area contributed by atoms with E-state index in [4.69, 9.17) is 12.2 Å². The third-order valence-corrected chi connectivity index (χ3v) is 18.3. The van der Waals surface area contributed by atoms with Gasteiger partial charge in [0.25, 0.3) is 0 Å². The van der Waals surface area contributed by atoms with E-state index in [1.165, 1.54) is 11.5 Å². The van der Waals surface area contributed by atoms with E-state index in [2.05, 4.69) is 0 Å². The molecule has 1 aliphatic rings. The Hall–Kier alpha value is 0.450. The minimum absolute atomic E-state index is 0.144. The van der Waals surface area contributed by atoms with Crippen molar-refractivity contribution in [3.63, 3.8) is 0 Å². The monoisotopic (exact) mass is 311 g/mol. The van der Waals surface area contributed by atoms with Crippen LogP contribution in [0.15, 0.2) is 29.2 Å². The van der Waals surface area contributed by atoms with Crippen molar-refractivity contribution in [1.82, 2.24) is 0 Å². The van der Waals surface area contributed by atoms with E-state index in [-0.39, 0.29) is 10.6 Å². The quantitative estimate of drug-likeness (QED) is 0.385. The van der Waals surface area contributed by atoms with Crippen LogP contribution in [0.5, 0.6) is 0 Å². The van der Waals surface area contributed by atoms with Crippen molar-refractivity contribution in [2.75, 3.05) is 11.5 Å². The van der Waals surface area contributed by atoms with E-state index in [0.717, 1.165) is 4.90 Å². The van der Waals surface area contributed by atoms with Crippen LogP contribution in [0.2, 0.25) is 0 Å². The Bertz CT molecular complexity index is 394. The molecule has 0 saturated carbocycles. The molecule has 1 aromatic carbocycles. The van der Waals surface area contributed by atoms with Crippen LogP contribution in [0.4, 0.5) is 5.69 Å². The number of hydrogen-bond acceptors (Lipinski definition) is 6. The van der Waals surface area contributed by atoms with Crippen LogP contribution < -0.4 is 0 Å². The first-order valence-corrected chi connectivity index (χ1v) is 12.8. The van der Waals surface area contributed by atoms with Crippen LogP contribution in [0, 0.1) is 10.1 Å². The molecule has 0 amide bonds. The first kappa shape index (κ1) is 12.9. The Balaban J connectivity index is 2.07. The second-order valence-corrected chi connectivity index (χ2v) is 21.1. The second kappa shape index (κ2) is 5.40. The summed E-state index contributed by atoms with van der Waals surface area (Å²) in [4.78, 5) is 11.2. The molecular weight excluding hydrogens is 301 g/mol. The van der Waals surface area contributed by atoms with Crippen molar-refractivity contribution in [3.05, 3.63) is 34.4 Å². The molecule has 3 nitrogen and oxygen atoms in total. The Morgan fingerprint density at radius 1 is 1.31 bits per heavy atom. The van der Waals surface area contributed by atoms with Gasteiger partial charge in [0.1, 0.15) is 0 Å². The van der Waals surface area contributed by atoms with Gasteiger partial charge in [0.15, 0.2) is 0 Å². The molecule has 1 saturated heterocycles. The van der Waals surface area contributed by atoms with Crippen molar-refractivity contribution < 1.29 is 4.92 Å². The standard InChI is InChI=1S/C8H10NO2PS4/c10-9(11)7-1-3-8(4-2-7)16-12(13)14-5-6-15-12/h1-4,12-13H,5-6H2. The van der Waals surface area contributed by atoms with Crippen molar-refractivity contribution in [1.29, 1.82) is 0 Å². The van der Waals surface area contributed by atoms with Crippen LogP contribution in [0.3, 0.4) is 0 Å². The number of nitro benzene ring substituents is 1. The molecule has 0 atom stereocenters. The summed E-state index contributed by atoms with van der Waals surface area (Å²) in [5, 5.41) is 10.5. The third kappa shape index (κ3) is 3.23. The van der Waals surface area contributed by atoms with Gasteiger partial charge in [0, 0.05) is 0 Å². The second-order valence-electron chi connectivity index (χ2n) is 3.07. The Morgan fingerprint density at radius 3 is 2.38 bits per heavy atom. The summed E-state index contributed by atoms with van der Waals surface area (Å²) in [5.74, 6) is 2.33. The van der Waals surface area contributed by atoms with Crippen LogP contribution in [0.1, 0.15) is 0 Å². The van der Waals surface area contributed by atoms with Crippen molar-refractivity contribution in [2.24, 2.45) is 0 Å². The van der Waals surface area contributed by atoms with E-state index in [9.17, 15) is 10.1 Å². The first-order valence-electron chi connectivity index (χ1n) is 4.53. The number of thiol groups is 1. The van der Waals surface area contributed by atoms with Crippen LogP contribution in [0.25, 0.3) is 0 Å². The Labute approximate surface area is 111 Å². The van der Waals surface area contributed by atoms with Crippen LogP contribution in [-0.4, -0.2) is 16.4 Å². The molecule has 16 heavy (non-hydrogen) atoms. The van der Waals surface area contributed by atoms with E-state index in [0.29, 0.717) is 0 Å². The predicted molar refractivity (Wildman–Crippen MR) is 81.2 cm³/mol. The Morgan fingerprint density at radius 2 is 1.88 bits per heavy atom. The SMILES string of the molecule is O=[N+]([O-])c1ccc(S[PH]2(S)SCCS2)cc1. The molecule has 0 unspecified atom stereocenters. The van der Waals surface area contributed by atoms with E-state index < -0.39 is 4.07 Å². The zero-order valence-corrected chi connectivity index (χ0v) is 12.5. The molecule has 0 N–H and O–H groups in total. The zero-order chi connectivity index (χ0) is 11.6. The molecule has 0 aromatic heterocycles. The average molecular weight is 311 g/mol. The summed E-state index contributed by atoms with van der Waals surface area (Å²) in [7, 11) is 0. The van der Waals surface area contributed by atoms with E-state index >= 15 is 0 Å². The first-order chi connectivity index (χ1) is 7.59. The number of nitro groups is 1. The normalized spacial score (nSPS) is 20.6. The number of benzene rings is 1. The molecule has 1 aliphatic heterocycles. The minimum atomic E-state index is -1.60. The molecule has 0 bridgehead atoms. The van der Waals surface area contributed by atoms with Crippen LogP contribution >= 0.6 is 50.5 Å². The summed E-state index contributed by atoms with van der Waals surface area (Å²) >= 11 is 10.4. The van der Waals surface area contributed by atoms with Gasteiger partial charge in [-0.25, -0.2) is 0 Å². The topological polar surface area (TPSA) is 43.1 Å². The van der Waals surface area contributed by atoms with Gasteiger partial charge in [0.05, 0.1) is 0 Å². The van der Waals surface area contributed by atoms with Gasteiger partial charge in [-0.3, -0.25) is 0 Å². The van der Waals surface area contributed by atoms with Gasteiger partial charge in [-0.2, -0.15) is 0 Å². The summed E-state index contributed by atoms with van der Waals surface area (Å²) in [6.45, 7) is 0. The van der Waals surface area contributed by atoms with Crippen LogP contribution in [-0.2, 0) is 0 Å². The molecule has 1 heterocycles. The van der Waals surface area contributed by atoms with Crippen molar-refractivity contribution >= 4 is 56.2 Å². The molecule has 2 rings (SSSR count). The maximum atomic E-state index is 10.5. The van der Waals surface area contributed by atoms with Gasteiger partial charge >= 0.3 is 112 Å². The van der Waals surface area contributed by atoms with E-state index in [1.807, 2.05) is 34.9 Å². The summed E-state index contributed by atoms with van der Waals surface area (Å²) in [6, 6.07) is 6.73. The predicted octanol–water partition coefficient (Wildman–Crippen LogP) is 4.51. The molecule has 0 spiro atoms. The fourth-order valence-corrected chi connectivity index (χ4v) is 17.3. The fourth-order valence-electron chi connectivity index (χ4n) is 1.23. The molecule has 0 aliphatic carbocycles. The average Bonchev–Trinajstić information content (AvgIpc) is 2.65. The van der Waals surface area contributed by atoms with Crippen molar-refractivity contribution in [2.45, 2.75) is 4.90 Å². The number of non-ortho nitro benzene ring substituents is 1. The molecular formula is C8H10NO2PS4.